The Morgan fingerprint density at radius 2 is 1.62 bits per heavy atom. The van der Waals surface area contributed by atoms with E-state index in [2.05, 4.69) is 41.5 Å². The Kier molecular flexibility index (Phi) is 4.85. The van der Waals surface area contributed by atoms with Gasteiger partial charge < -0.3 is 0 Å². The van der Waals surface area contributed by atoms with Gasteiger partial charge in [0.15, 0.2) is 0 Å². The van der Waals surface area contributed by atoms with Gasteiger partial charge >= 0.3 is 0 Å². The second-order valence-corrected chi connectivity index (χ2v) is 6.25. The van der Waals surface area contributed by atoms with Crippen LogP contribution in [-0.4, -0.2) is 4.75 Å². The van der Waals surface area contributed by atoms with Gasteiger partial charge in [0.1, 0.15) is 0 Å². The summed E-state index contributed by atoms with van der Waals surface area (Å²) < 4.78 is 0.0299. The van der Waals surface area contributed by atoms with E-state index in [0.717, 1.165) is 0 Å². The van der Waals surface area contributed by atoms with Gasteiger partial charge in [-0.05, 0) is 24.7 Å². The fraction of sp³-hybridized carbons (Fsp3) is 1.00. The lowest BCUT2D eigenvalue weighted by atomic mass is 9.72. The van der Waals surface area contributed by atoms with Crippen LogP contribution in [0.5, 0.6) is 0 Å². The van der Waals surface area contributed by atoms with E-state index < -0.39 is 0 Å². The number of hydrogen-bond acceptors (Lipinski definition) is 0. The van der Waals surface area contributed by atoms with Crippen molar-refractivity contribution < 1.29 is 0 Å². The van der Waals surface area contributed by atoms with Gasteiger partial charge in [0.05, 0.1) is 0 Å². The number of hydrogen-bond donors (Lipinski definition) is 0. The topological polar surface area (TPSA) is 0 Å². The van der Waals surface area contributed by atoms with Crippen molar-refractivity contribution >= 4 is 12.6 Å². The van der Waals surface area contributed by atoms with Crippen molar-refractivity contribution in [2.45, 2.75) is 65.6 Å². The summed E-state index contributed by atoms with van der Waals surface area (Å²) in [5.41, 5.74) is 0.232. The molecular formula is C12H25S. The van der Waals surface area contributed by atoms with Crippen LogP contribution in [0.25, 0.3) is 0 Å². The fourth-order valence-electron chi connectivity index (χ4n) is 1.52. The van der Waals surface area contributed by atoms with E-state index in [-0.39, 0.29) is 10.2 Å². The normalized spacial score (nSPS) is 19.6. The summed E-state index contributed by atoms with van der Waals surface area (Å²) >= 11 is 5.72. The number of rotatable bonds is 4. The first-order valence-corrected chi connectivity index (χ1v) is 5.84. The van der Waals surface area contributed by atoms with Crippen molar-refractivity contribution in [1.29, 1.82) is 0 Å². The van der Waals surface area contributed by atoms with Crippen LogP contribution in [0, 0.1) is 11.3 Å². The molecule has 0 N–H and O–H groups in total. The first-order chi connectivity index (χ1) is 5.73. The lowest BCUT2D eigenvalue weighted by Crippen LogP contribution is -2.40. The highest BCUT2D eigenvalue weighted by atomic mass is 32.1. The van der Waals surface area contributed by atoms with Crippen molar-refractivity contribution in [1.82, 2.24) is 0 Å². The molecule has 0 bridgehead atoms. The van der Waals surface area contributed by atoms with Crippen LogP contribution in [0.2, 0.25) is 0 Å². The summed E-state index contributed by atoms with van der Waals surface area (Å²) in [4.78, 5) is 0. The molecule has 1 heteroatoms. The Balaban J connectivity index is 4.27. The van der Waals surface area contributed by atoms with Crippen LogP contribution in [0.4, 0.5) is 0 Å². The molecule has 0 saturated carbocycles. The van der Waals surface area contributed by atoms with Crippen molar-refractivity contribution in [3.05, 3.63) is 0 Å². The predicted octanol–water partition coefficient (Wildman–Crippen LogP) is 4.82. The minimum atomic E-state index is 0.0299. The standard InChI is InChI=1S/C12H25S/c1-7-8-9-10(2)12(6,13)11(3,4)5/h10H,7-9H2,1-6H3. The summed E-state index contributed by atoms with van der Waals surface area (Å²) in [6.45, 7) is 13.5. The lowest BCUT2D eigenvalue weighted by Gasteiger charge is -2.42. The molecule has 0 spiro atoms. The van der Waals surface area contributed by atoms with Gasteiger partial charge in [0.2, 0.25) is 0 Å². The molecular weight excluding hydrogens is 176 g/mol. The monoisotopic (exact) mass is 201 g/mol. The van der Waals surface area contributed by atoms with Crippen LogP contribution < -0.4 is 0 Å². The van der Waals surface area contributed by atoms with Gasteiger partial charge in [0.25, 0.3) is 0 Å². The Bertz CT molecular complexity index is 142. The molecule has 0 aliphatic heterocycles. The Morgan fingerprint density at radius 3 is 1.92 bits per heavy atom. The van der Waals surface area contributed by atoms with Crippen molar-refractivity contribution in [2.24, 2.45) is 11.3 Å². The third kappa shape index (κ3) is 3.53. The van der Waals surface area contributed by atoms with E-state index in [4.69, 9.17) is 12.6 Å². The molecule has 2 atom stereocenters. The third-order valence-electron chi connectivity index (χ3n) is 3.42. The summed E-state index contributed by atoms with van der Waals surface area (Å²) in [7, 11) is 0. The Hall–Kier alpha value is 0.350. The largest absolute Gasteiger partial charge is 0.0862 e. The summed E-state index contributed by atoms with van der Waals surface area (Å²) in [5, 5.41) is 0. The highest BCUT2D eigenvalue weighted by Crippen LogP contribution is 2.43. The zero-order valence-electron chi connectivity index (χ0n) is 10.1. The average molecular weight is 201 g/mol. The second-order valence-electron chi connectivity index (χ2n) is 5.40. The lowest BCUT2D eigenvalue weighted by molar-refractivity contribution is 0.218. The van der Waals surface area contributed by atoms with Gasteiger partial charge in [-0.3, -0.25) is 0 Å². The van der Waals surface area contributed by atoms with Crippen LogP contribution >= 0.6 is 12.6 Å². The molecule has 2 unspecified atom stereocenters. The first-order valence-electron chi connectivity index (χ1n) is 5.44. The van der Waals surface area contributed by atoms with Crippen LogP contribution in [0.15, 0.2) is 0 Å². The first kappa shape index (κ1) is 13.4. The summed E-state index contributed by atoms with van der Waals surface area (Å²) in [5.74, 6) is 0.641. The molecule has 0 aromatic heterocycles. The van der Waals surface area contributed by atoms with E-state index in [1.165, 1.54) is 19.3 Å². The minimum absolute atomic E-state index is 0.0299. The smallest absolute Gasteiger partial charge is 0.0309 e. The van der Waals surface area contributed by atoms with Crippen LogP contribution in [0.1, 0.15) is 60.8 Å². The molecule has 0 fully saturated rings. The molecule has 0 aromatic carbocycles. The molecule has 0 heterocycles. The van der Waals surface area contributed by atoms with Crippen LogP contribution in [0.3, 0.4) is 0 Å². The zero-order valence-corrected chi connectivity index (χ0v) is 10.9. The molecule has 0 saturated heterocycles. The van der Waals surface area contributed by atoms with Gasteiger partial charge in [-0.1, -0.05) is 60.1 Å². The highest BCUT2D eigenvalue weighted by Gasteiger charge is 2.39. The van der Waals surface area contributed by atoms with E-state index in [1.807, 2.05) is 0 Å². The van der Waals surface area contributed by atoms with Gasteiger partial charge in [-0.2, -0.15) is 0 Å². The molecule has 0 rings (SSSR count). The van der Waals surface area contributed by atoms with Gasteiger partial charge in [-0.15, -0.1) is 0 Å². The van der Waals surface area contributed by atoms with Crippen molar-refractivity contribution in [3.63, 3.8) is 0 Å². The minimum Gasteiger partial charge on any atom is -0.0862 e. The molecule has 0 amide bonds. The van der Waals surface area contributed by atoms with Crippen molar-refractivity contribution in [3.8, 4) is 0 Å². The number of unbranched alkanes of at least 4 members (excludes halogenated alkanes) is 1. The quantitative estimate of drug-likeness (QED) is 0.612. The predicted molar refractivity (Wildman–Crippen MR) is 64.1 cm³/mol. The third-order valence-corrected chi connectivity index (χ3v) is 4.44. The van der Waals surface area contributed by atoms with Gasteiger partial charge in [0, 0.05) is 4.75 Å². The van der Waals surface area contributed by atoms with E-state index in [9.17, 15) is 0 Å². The van der Waals surface area contributed by atoms with E-state index in [0.29, 0.717) is 5.92 Å². The maximum absolute atomic E-state index is 5.72. The fourth-order valence-corrected chi connectivity index (χ4v) is 1.64. The maximum Gasteiger partial charge on any atom is 0.0309 e. The molecule has 13 heavy (non-hydrogen) atoms. The molecule has 79 valence electrons. The van der Waals surface area contributed by atoms with Crippen molar-refractivity contribution in [2.75, 3.05) is 0 Å². The maximum atomic E-state index is 5.72. The highest BCUT2D eigenvalue weighted by molar-refractivity contribution is 7.81. The average Bonchev–Trinajstić information content (AvgIpc) is 1.97. The van der Waals surface area contributed by atoms with E-state index >= 15 is 0 Å². The van der Waals surface area contributed by atoms with Crippen LogP contribution in [-0.2, 0) is 0 Å². The Labute approximate surface area is 89.9 Å². The SMILES string of the molecule is CCCCC(C)C(C)([S])C(C)(C)C. The summed E-state index contributed by atoms with van der Waals surface area (Å²) in [6, 6.07) is 0. The van der Waals surface area contributed by atoms with Gasteiger partial charge in [-0.25, -0.2) is 0 Å². The Morgan fingerprint density at radius 1 is 1.15 bits per heavy atom. The molecule has 0 nitrogen and oxygen atoms in total. The summed E-state index contributed by atoms with van der Waals surface area (Å²) in [6.07, 6.45) is 3.86. The molecule has 1 radical (unpaired) electrons. The second kappa shape index (κ2) is 4.72. The molecule has 0 aliphatic rings. The zero-order chi connectivity index (χ0) is 10.7. The molecule has 0 aliphatic carbocycles. The molecule has 0 aromatic rings. The van der Waals surface area contributed by atoms with E-state index in [1.54, 1.807) is 0 Å².